The van der Waals surface area contributed by atoms with Gasteiger partial charge in [0.25, 0.3) is 0 Å². The largest absolute Gasteiger partial charge is 0.384 e. The third kappa shape index (κ3) is 4.28. The third-order valence-electron chi connectivity index (χ3n) is 2.96. The van der Waals surface area contributed by atoms with Crippen molar-refractivity contribution in [3.63, 3.8) is 0 Å². The topological polar surface area (TPSA) is 100 Å². The molecule has 0 aliphatic carbocycles. The molecular formula is C14H18N4O3. The predicted molar refractivity (Wildman–Crippen MR) is 75.3 cm³/mol. The number of benzene rings is 1. The van der Waals surface area contributed by atoms with Crippen LogP contribution in [-0.4, -0.2) is 27.8 Å². The molecule has 2 rings (SSSR count). The van der Waals surface area contributed by atoms with E-state index >= 15 is 0 Å². The average Bonchev–Trinajstić information content (AvgIpc) is 2.90. The molecule has 0 aliphatic heterocycles. The molecule has 7 nitrogen and oxygen atoms in total. The number of nitrogens with one attached hydrogen (secondary N) is 2. The zero-order valence-electron chi connectivity index (χ0n) is 12.0. The van der Waals surface area contributed by atoms with Gasteiger partial charge >= 0.3 is 6.03 Å². The van der Waals surface area contributed by atoms with Gasteiger partial charge < -0.3 is 20.3 Å². The highest BCUT2D eigenvalue weighted by Crippen LogP contribution is 2.18. The smallest absolute Gasteiger partial charge is 0.315 e. The Morgan fingerprint density at radius 1 is 1.33 bits per heavy atom. The van der Waals surface area contributed by atoms with Crippen LogP contribution in [0.3, 0.4) is 0 Å². The van der Waals surface area contributed by atoms with E-state index in [9.17, 15) is 9.90 Å². The maximum atomic E-state index is 11.7. The molecule has 0 saturated heterocycles. The van der Waals surface area contributed by atoms with Gasteiger partial charge in [-0.15, -0.1) is 0 Å². The molecule has 2 aromatic rings. The molecule has 2 amide bonds. The summed E-state index contributed by atoms with van der Waals surface area (Å²) in [6, 6.07) is 8.74. The highest BCUT2D eigenvalue weighted by atomic mass is 16.5. The van der Waals surface area contributed by atoms with Gasteiger partial charge in [-0.2, -0.15) is 4.98 Å². The zero-order valence-corrected chi connectivity index (χ0v) is 12.0. The molecule has 0 spiro atoms. The first-order valence-corrected chi connectivity index (χ1v) is 6.56. The Labute approximate surface area is 122 Å². The molecule has 21 heavy (non-hydrogen) atoms. The van der Waals surface area contributed by atoms with Crippen molar-refractivity contribution in [2.45, 2.75) is 26.0 Å². The molecule has 1 aromatic carbocycles. The Bertz CT molecular complexity index is 595. The van der Waals surface area contributed by atoms with Crippen LogP contribution >= 0.6 is 0 Å². The number of aryl methyl sites for hydroxylation is 1. The molecule has 112 valence electrons. The number of amides is 2. The van der Waals surface area contributed by atoms with Crippen LogP contribution < -0.4 is 10.6 Å². The second-order valence-corrected chi connectivity index (χ2v) is 4.91. The van der Waals surface area contributed by atoms with Crippen LogP contribution in [0.4, 0.5) is 4.79 Å². The quantitative estimate of drug-likeness (QED) is 0.765. The Morgan fingerprint density at radius 3 is 2.67 bits per heavy atom. The zero-order chi connectivity index (χ0) is 15.3. The minimum Gasteiger partial charge on any atom is -0.384 e. The lowest BCUT2D eigenvalue weighted by atomic mass is 9.96. The highest BCUT2D eigenvalue weighted by Gasteiger charge is 2.23. The molecule has 0 aliphatic rings. The molecule has 1 atom stereocenters. The maximum absolute atomic E-state index is 11.7. The normalized spacial score (nSPS) is 13.5. The van der Waals surface area contributed by atoms with Crippen molar-refractivity contribution in [1.29, 1.82) is 0 Å². The van der Waals surface area contributed by atoms with E-state index in [4.69, 9.17) is 4.52 Å². The lowest BCUT2D eigenvalue weighted by Gasteiger charge is -2.24. The van der Waals surface area contributed by atoms with E-state index in [1.807, 2.05) is 18.2 Å². The van der Waals surface area contributed by atoms with Gasteiger partial charge in [0.2, 0.25) is 5.89 Å². The Kier molecular flexibility index (Phi) is 4.54. The van der Waals surface area contributed by atoms with E-state index in [1.54, 1.807) is 26.0 Å². The highest BCUT2D eigenvalue weighted by molar-refractivity contribution is 5.73. The molecule has 7 heteroatoms. The van der Waals surface area contributed by atoms with Gasteiger partial charge in [-0.05, 0) is 19.4 Å². The van der Waals surface area contributed by atoms with Gasteiger partial charge in [0.15, 0.2) is 5.82 Å². The SMILES string of the molecule is Cc1noc(CNC(=O)NCC(C)(O)c2ccccc2)n1. The fraction of sp³-hybridized carbons (Fsp3) is 0.357. The summed E-state index contributed by atoms with van der Waals surface area (Å²) >= 11 is 0. The molecule has 1 heterocycles. The predicted octanol–water partition coefficient (Wildman–Crippen LogP) is 1.08. The van der Waals surface area contributed by atoms with Crippen molar-refractivity contribution in [2.24, 2.45) is 0 Å². The number of rotatable bonds is 5. The van der Waals surface area contributed by atoms with E-state index in [0.717, 1.165) is 5.56 Å². The van der Waals surface area contributed by atoms with Crippen LogP contribution in [0.2, 0.25) is 0 Å². The van der Waals surface area contributed by atoms with E-state index < -0.39 is 11.6 Å². The van der Waals surface area contributed by atoms with Crippen molar-refractivity contribution in [1.82, 2.24) is 20.8 Å². The summed E-state index contributed by atoms with van der Waals surface area (Å²) in [6.07, 6.45) is 0. The van der Waals surface area contributed by atoms with Gasteiger partial charge in [-0.1, -0.05) is 35.5 Å². The summed E-state index contributed by atoms with van der Waals surface area (Å²) in [5.74, 6) is 0.844. The van der Waals surface area contributed by atoms with Gasteiger partial charge in [0, 0.05) is 0 Å². The molecular weight excluding hydrogens is 272 g/mol. The van der Waals surface area contributed by atoms with E-state index in [0.29, 0.717) is 11.7 Å². The van der Waals surface area contributed by atoms with Crippen molar-refractivity contribution in [2.75, 3.05) is 6.54 Å². The minimum atomic E-state index is -1.14. The molecule has 0 fully saturated rings. The molecule has 3 N–H and O–H groups in total. The molecule has 0 saturated carbocycles. The van der Waals surface area contributed by atoms with Gasteiger partial charge in [0.05, 0.1) is 13.1 Å². The fourth-order valence-corrected chi connectivity index (χ4v) is 1.78. The Morgan fingerprint density at radius 2 is 2.05 bits per heavy atom. The molecule has 1 aromatic heterocycles. The molecule has 0 radical (unpaired) electrons. The average molecular weight is 290 g/mol. The van der Waals surface area contributed by atoms with Crippen molar-refractivity contribution in [3.05, 3.63) is 47.6 Å². The van der Waals surface area contributed by atoms with E-state index in [2.05, 4.69) is 20.8 Å². The third-order valence-corrected chi connectivity index (χ3v) is 2.96. The summed E-state index contributed by atoms with van der Waals surface area (Å²) < 4.78 is 4.88. The lowest BCUT2D eigenvalue weighted by molar-refractivity contribution is 0.0593. The number of hydrogen-bond donors (Lipinski definition) is 3. The maximum Gasteiger partial charge on any atom is 0.315 e. The van der Waals surface area contributed by atoms with Crippen LogP contribution in [0.15, 0.2) is 34.9 Å². The van der Waals surface area contributed by atoms with Crippen molar-refractivity contribution < 1.29 is 14.4 Å². The molecule has 1 unspecified atom stereocenters. The molecule has 0 bridgehead atoms. The first kappa shape index (κ1) is 15.0. The second-order valence-electron chi connectivity index (χ2n) is 4.91. The van der Waals surface area contributed by atoms with Gasteiger partial charge in [-0.25, -0.2) is 4.79 Å². The van der Waals surface area contributed by atoms with E-state index in [1.165, 1.54) is 0 Å². The summed E-state index contributed by atoms with van der Waals surface area (Å²) in [5, 5.41) is 19.1. The Hall–Kier alpha value is -2.41. The number of hydrogen-bond acceptors (Lipinski definition) is 5. The summed E-state index contributed by atoms with van der Waals surface area (Å²) in [7, 11) is 0. The number of carbonyl (C=O) groups excluding carboxylic acids is 1. The van der Waals surface area contributed by atoms with Crippen LogP contribution in [0.25, 0.3) is 0 Å². The number of aromatic nitrogens is 2. The number of aliphatic hydroxyl groups is 1. The number of urea groups is 1. The second kappa shape index (κ2) is 6.36. The lowest BCUT2D eigenvalue weighted by Crippen LogP contribution is -2.43. The monoisotopic (exact) mass is 290 g/mol. The van der Waals surface area contributed by atoms with Crippen molar-refractivity contribution in [3.8, 4) is 0 Å². The van der Waals surface area contributed by atoms with Crippen LogP contribution in [0.5, 0.6) is 0 Å². The van der Waals surface area contributed by atoms with E-state index in [-0.39, 0.29) is 13.1 Å². The fourth-order valence-electron chi connectivity index (χ4n) is 1.78. The van der Waals surface area contributed by atoms with Gasteiger partial charge in [-0.3, -0.25) is 0 Å². The summed E-state index contributed by atoms with van der Waals surface area (Å²) in [6.45, 7) is 3.57. The number of nitrogens with zero attached hydrogens (tertiary/aromatic N) is 2. The minimum absolute atomic E-state index is 0.0890. The van der Waals surface area contributed by atoms with Crippen LogP contribution in [-0.2, 0) is 12.1 Å². The summed E-state index contributed by atoms with van der Waals surface area (Å²) in [5.41, 5.74) is -0.405. The van der Waals surface area contributed by atoms with Crippen LogP contribution in [0.1, 0.15) is 24.2 Å². The summed E-state index contributed by atoms with van der Waals surface area (Å²) in [4.78, 5) is 15.6. The first-order chi connectivity index (χ1) is 9.97. The number of carbonyl (C=O) groups is 1. The van der Waals surface area contributed by atoms with Gasteiger partial charge in [0.1, 0.15) is 5.60 Å². The van der Waals surface area contributed by atoms with Crippen molar-refractivity contribution >= 4 is 6.03 Å². The van der Waals surface area contributed by atoms with Crippen LogP contribution in [0, 0.1) is 6.92 Å². The standard InChI is InChI=1S/C14H18N4O3/c1-10-17-12(21-18-10)8-15-13(19)16-9-14(2,20)11-6-4-3-5-7-11/h3-7,20H,8-9H2,1-2H3,(H2,15,16,19). The first-order valence-electron chi connectivity index (χ1n) is 6.56. The Balaban J connectivity index is 1.80.